The lowest BCUT2D eigenvalue weighted by Gasteiger charge is -2.18. The molecule has 0 aliphatic heterocycles. The van der Waals surface area contributed by atoms with Gasteiger partial charge in [-0.2, -0.15) is 0 Å². The zero-order chi connectivity index (χ0) is 20.7. The van der Waals surface area contributed by atoms with E-state index < -0.39 is 17.7 Å². The molecule has 0 fully saturated rings. The van der Waals surface area contributed by atoms with Crippen LogP contribution in [0.1, 0.15) is 15.9 Å². The van der Waals surface area contributed by atoms with Gasteiger partial charge in [0, 0.05) is 24.0 Å². The molecule has 2 aromatic rings. The highest BCUT2D eigenvalue weighted by Gasteiger charge is 2.19. The Labute approximate surface area is 162 Å². The number of rotatable bonds is 6. The smallest absolute Gasteiger partial charge is 0.257 e. The Bertz CT molecular complexity index is 976. The molecule has 0 saturated heterocycles. The number of carbonyl (C=O) groups is 3. The van der Waals surface area contributed by atoms with E-state index >= 15 is 0 Å². The van der Waals surface area contributed by atoms with E-state index in [-0.39, 0.29) is 17.9 Å². The van der Waals surface area contributed by atoms with Crippen LogP contribution in [0.15, 0.2) is 55.1 Å². The van der Waals surface area contributed by atoms with E-state index in [0.29, 0.717) is 16.9 Å². The summed E-state index contributed by atoms with van der Waals surface area (Å²) in [6.45, 7) is 3.10. The third-order valence-electron chi connectivity index (χ3n) is 3.72. The first-order chi connectivity index (χ1) is 13.3. The largest absolute Gasteiger partial charge is 0.507 e. The van der Waals surface area contributed by atoms with Gasteiger partial charge in [0.15, 0.2) is 0 Å². The Balaban J connectivity index is 2.08. The minimum atomic E-state index is -0.584. The number of carbonyl (C=O) groups excluding carboxylic acids is 3. The molecular weight excluding hydrogens is 358 g/mol. The molecule has 3 N–H and O–H groups in total. The number of nitrogens with one attached hydrogen (secondary N) is 2. The molecule has 0 aliphatic carbocycles. The molecule has 28 heavy (non-hydrogen) atoms. The summed E-state index contributed by atoms with van der Waals surface area (Å²) in [6, 6.07) is 10.8. The van der Waals surface area contributed by atoms with E-state index in [4.69, 9.17) is 6.42 Å². The number of likely N-dealkylation sites (N-methyl/N-ethyl adjacent to an activating group) is 1. The fourth-order valence-corrected chi connectivity index (χ4v) is 2.36. The molecule has 142 valence electrons. The van der Waals surface area contributed by atoms with Crippen molar-refractivity contribution in [3.05, 3.63) is 66.2 Å². The van der Waals surface area contributed by atoms with Crippen molar-refractivity contribution in [1.29, 1.82) is 0 Å². The lowest BCUT2D eigenvalue weighted by Crippen LogP contribution is -2.35. The highest BCUT2D eigenvalue weighted by atomic mass is 16.3. The number of hydrogen-bond donors (Lipinski definition) is 3. The van der Waals surface area contributed by atoms with Crippen LogP contribution in [0.4, 0.5) is 11.4 Å². The van der Waals surface area contributed by atoms with Gasteiger partial charge in [-0.15, -0.1) is 6.42 Å². The topological polar surface area (TPSA) is 98.7 Å². The highest BCUT2D eigenvalue weighted by molar-refractivity contribution is 6.03. The van der Waals surface area contributed by atoms with Crippen molar-refractivity contribution >= 4 is 29.1 Å². The van der Waals surface area contributed by atoms with E-state index in [1.54, 1.807) is 24.3 Å². The normalized spacial score (nSPS) is 9.71. The minimum absolute atomic E-state index is 0.0495. The van der Waals surface area contributed by atoms with Crippen molar-refractivity contribution in [2.24, 2.45) is 0 Å². The number of anilines is 2. The molecule has 7 heteroatoms. The number of phenols is 1. The molecular formula is C21H19N3O4. The quantitative estimate of drug-likeness (QED) is 0.408. The van der Waals surface area contributed by atoms with E-state index in [2.05, 4.69) is 23.1 Å². The Morgan fingerprint density at radius 2 is 1.89 bits per heavy atom. The first-order valence-corrected chi connectivity index (χ1v) is 8.22. The first-order valence-electron chi connectivity index (χ1n) is 8.22. The summed E-state index contributed by atoms with van der Waals surface area (Å²) < 4.78 is 0. The van der Waals surface area contributed by atoms with Crippen LogP contribution in [-0.2, 0) is 9.59 Å². The van der Waals surface area contributed by atoms with Crippen molar-refractivity contribution in [1.82, 2.24) is 4.90 Å². The molecule has 2 aromatic carbocycles. The number of amides is 3. The van der Waals surface area contributed by atoms with E-state index in [9.17, 15) is 19.5 Å². The number of benzene rings is 2. The Morgan fingerprint density at radius 1 is 1.18 bits per heavy atom. The fraction of sp³-hybridized carbons (Fsp3) is 0.0952. The number of aromatic hydroxyl groups is 1. The van der Waals surface area contributed by atoms with Gasteiger partial charge in [-0.25, -0.2) is 0 Å². The average molecular weight is 377 g/mol. The lowest BCUT2D eigenvalue weighted by atomic mass is 10.1. The molecule has 0 aromatic heterocycles. The Morgan fingerprint density at radius 3 is 2.57 bits per heavy atom. The molecule has 0 aliphatic rings. The van der Waals surface area contributed by atoms with Gasteiger partial charge in [-0.05, 0) is 42.5 Å². The van der Waals surface area contributed by atoms with Gasteiger partial charge in [0.1, 0.15) is 5.75 Å². The predicted octanol–water partition coefficient (Wildman–Crippen LogP) is 2.21. The first kappa shape index (κ1) is 20.3. The number of nitrogens with zero attached hydrogens (tertiary/aromatic N) is 1. The molecule has 0 saturated carbocycles. The Hall–Kier alpha value is -4.05. The number of phenolic OH excluding ortho intramolecular Hbond substituents is 1. The maximum Gasteiger partial charge on any atom is 0.257 e. The Kier molecular flexibility index (Phi) is 6.55. The van der Waals surface area contributed by atoms with E-state index in [1.165, 1.54) is 25.2 Å². The molecule has 0 spiro atoms. The van der Waals surface area contributed by atoms with Crippen LogP contribution in [0.25, 0.3) is 0 Å². The van der Waals surface area contributed by atoms with Crippen LogP contribution in [0.3, 0.4) is 0 Å². The van der Waals surface area contributed by atoms with Crippen molar-refractivity contribution in [3.8, 4) is 18.1 Å². The van der Waals surface area contributed by atoms with Crippen LogP contribution in [0, 0.1) is 12.3 Å². The second-order valence-corrected chi connectivity index (χ2v) is 5.86. The molecule has 2 rings (SSSR count). The van der Waals surface area contributed by atoms with Crippen LogP contribution in [0.2, 0.25) is 0 Å². The molecule has 0 unspecified atom stereocenters. The van der Waals surface area contributed by atoms with Crippen LogP contribution in [-0.4, -0.2) is 41.3 Å². The molecule has 0 atom stereocenters. The van der Waals surface area contributed by atoms with E-state index in [0.717, 1.165) is 11.0 Å². The third kappa shape index (κ3) is 5.22. The van der Waals surface area contributed by atoms with Crippen LogP contribution in [0.5, 0.6) is 5.75 Å². The van der Waals surface area contributed by atoms with E-state index in [1.807, 2.05) is 0 Å². The van der Waals surface area contributed by atoms with Crippen molar-refractivity contribution < 1.29 is 19.5 Å². The zero-order valence-corrected chi connectivity index (χ0v) is 15.2. The summed E-state index contributed by atoms with van der Waals surface area (Å²) in [5.41, 5.74) is 1.39. The minimum Gasteiger partial charge on any atom is -0.507 e. The van der Waals surface area contributed by atoms with Gasteiger partial charge >= 0.3 is 0 Å². The molecule has 0 radical (unpaired) electrons. The second-order valence-electron chi connectivity index (χ2n) is 5.86. The molecule has 3 amide bonds. The number of terminal acetylenes is 1. The van der Waals surface area contributed by atoms with Gasteiger partial charge in [0.05, 0.1) is 12.1 Å². The monoisotopic (exact) mass is 377 g/mol. The number of hydrogen-bond acceptors (Lipinski definition) is 4. The van der Waals surface area contributed by atoms with Crippen molar-refractivity contribution in [2.45, 2.75) is 0 Å². The summed E-state index contributed by atoms with van der Waals surface area (Å²) in [5.74, 6) is 0.736. The van der Waals surface area contributed by atoms with Crippen LogP contribution >= 0.6 is 0 Å². The summed E-state index contributed by atoms with van der Waals surface area (Å²) in [6.07, 6.45) is 6.41. The molecule has 7 nitrogen and oxygen atoms in total. The summed E-state index contributed by atoms with van der Waals surface area (Å²) in [4.78, 5) is 37.3. The zero-order valence-electron chi connectivity index (χ0n) is 15.2. The summed E-state index contributed by atoms with van der Waals surface area (Å²) in [7, 11) is 1.42. The van der Waals surface area contributed by atoms with Gasteiger partial charge < -0.3 is 20.6 Å². The standard InChI is InChI=1S/C21H19N3O4/c1-4-14-7-6-8-15(11-14)23-20(27)13-24(3)21(28)17-12-16(9-10-18(17)25)22-19(26)5-2/h1,5-12,25H,2,13H2,3H3,(H,22,26)(H,23,27). The average Bonchev–Trinajstić information content (AvgIpc) is 2.68. The molecule has 0 heterocycles. The van der Waals surface area contributed by atoms with Gasteiger partial charge in [0.25, 0.3) is 5.91 Å². The lowest BCUT2D eigenvalue weighted by molar-refractivity contribution is -0.116. The van der Waals surface area contributed by atoms with Crippen LogP contribution < -0.4 is 10.6 Å². The fourth-order valence-electron chi connectivity index (χ4n) is 2.36. The predicted molar refractivity (Wildman–Crippen MR) is 107 cm³/mol. The maximum atomic E-state index is 12.6. The summed E-state index contributed by atoms with van der Waals surface area (Å²) >= 11 is 0. The highest BCUT2D eigenvalue weighted by Crippen LogP contribution is 2.23. The van der Waals surface area contributed by atoms with Gasteiger partial charge in [0.2, 0.25) is 11.8 Å². The second kappa shape index (κ2) is 9.05. The third-order valence-corrected chi connectivity index (χ3v) is 3.72. The van der Waals surface area contributed by atoms with Crippen molar-refractivity contribution in [2.75, 3.05) is 24.2 Å². The molecule has 0 bridgehead atoms. The van der Waals surface area contributed by atoms with Gasteiger partial charge in [-0.3, -0.25) is 14.4 Å². The van der Waals surface area contributed by atoms with Crippen molar-refractivity contribution in [3.63, 3.8) is 0 Å². The summed E-state index contributed by atoms with van der Waals surface area (Å²) in [5, 5.41) is 15.1. The van der Waals surface area contributed by atoms with Gasteiger partial charge in [-0.1, -0.05) is 18.6 Å². The maximum absolute atomic E-state index is 12.6. The SMILES string of the molecule is C#Cc1cccc(NC(=O)CN(C)C(=O)c2cc(NC(=O)C=C)ccc2O)c1.